The molecule has 0 aliphatic carbocycles. The Morgan fingerprint density at radius 3 is 1.32 bits per heavy atom. The van der Waals surface area contributed by atoms with Gasteiger partial charge in [-0.15, -0.1) is 0 Å². The molecule has 2 rings (SSSR count). The van der Waals surface area contributed by atoms with Gasteiger partial charge >= 0.3 is 0 Å². The lowest BCUT2D eigenvalue weighted by molar-refractivity contribution is 0.499. The average molecular weight is 273 g/mol. The monoisotopic (exact) mass is 273 g/mol. The van der Waals surface area contributed by atoms with Crippen molar-refractivity contribution in [2.24, 2.45) is 0 Å². The Morgan fingerprint density at radius 2 is 0.947 bits per heavy atom. The summed E-state index contributed by atoms with van der Waals surface area (Å²) >= 11 is 0. The van der Waals surface area contributed by atoms with E-state index < -0.39 is 45.8 Å². The van der Waals surface area contributed by atoms with Gasteiger partial charge in [-0.05, 0) is 23.1 Å². The van der Waals surface area contributed by atoms with E-state index in [1.807, 2.05) is 0 Å². The van der Waals surface area contributed by atoms with Crippen LogP contribution in [0.25, 0.3) is 0 Å². The summed E-state index contributed by atoms with van der Waals surface area (Å²) in [6.45, 7) is 0. The molecule has 2 aromatic rings. The molecule has 7 heteroatoms. The van der Waals surface area contributed by atoms with Gasteiger partial charge in [-0.2, -0.15) is 0 Å². The van der Waals surface area contributed by atoms with Crippen LogP contribution in [0.4, 0.5) is 26.3 Å². The van der Waals surface area contributed by atoms with Crippen molar-refractivity contribution in [3.63, 3.8) is 0 Å². The summed E-state index contributed by atoms with van der Waals surface area (Å²) in [4.78, 5) is 0. The lowest BCUT2D eigenvalue weighted by atomic mass is 9.63. The summed E-state index contributed by atoms with van der Waals surface area (Å²) in [7, 11) is 0.614. The Morgan fingerprint density at radius 1 is 0.579 bits per heavy atom. The van der Waals surface area contributed by atoms with Gasteiger partial charge in [0.05, 0.1) is 0 Å². The molecule has 2 aromatic carbocycles. The van der Waals surface area contributed by atoms with Crippen molar-refractivity contribution < 1.29 is 26.3 Å². The van der Waals surface area contributed by atoms with Crippen LogP contribution < -0.4 is 10.9 Å². The van der Waals surface area contributed by atoms with Crippen molar-refractivity contribution in [1.82, 2.24) is 0 Å². The van der Waals surface area contributed by atoms with E-state index in [-0.39, 0.29) is 0 Å². The van der Waals surface area contributed by atoms with Crippen LogP contribution in [0.2, 0.25) is 0 Å². The van der Waals surface area contributed by atoms with E-state index in [9.17, 15) is 26.3 Å². The molecule has 1 radical (unpaired) electrons. The number of benzene rings is 2. The molecule has 0 aliphatic rings. The second-order valence-corrected chi connectivity index (χ2v) is 3.73. The highest BCUT2D eigenvalue weighted by atomic mass is 19.2. The molecule has 0 saturated carbocycles. The van der Waals surface area contributed by atoms with Crippen molar-refractivity contribution >= 4 is 18.2 Å². The van der Waals surface area contributed by atoms with Crippen molar-refractivity contribution in [1.29, 1.82) is 0 Å². The second kappa shape index (κ2) is 4.99. The summed E-state index contributed by atoms with van der Waals surface area (Å²) in [5.74, 6) is -8.03. The van der Waals surface area contributed by atoms with Crippen LogP contribution in [-0.4, -0.2) is 7.28 Å². The predicted molar refractivity (Wildman–Crippen MR) is 57.7 cm³/mol. The Labute approximate surface area is 104 Å². The highest BCUT2D eigenvalue weighted by molar-refractivity contribution is 6.67. The molecular formula is C12H4BF6. The number of hydrogen-bond acceptors (Lipinski definition) is 0. The lowest BCUT2D eigenvalue weighted by Crippen LogP contribution is -2.33. The molecule has 97 valence electrons. The summed E-state index contributed by atoms with van der Waals surface area (Å²) < 4.78 is 78.3. The minimum absolute atomic E-state index is 0.301. The third kappa shape index (κ3) is 2.75. The predicted octanol–water partition coefficient (Wildman–Crippen LogP) is 2.18. The summed E-state index contributed by atoms with van der Waals surface area (Å²) in [6.07, 6.45) is 0. The molecule has 19 heavy (non-hydrogen) atoms. The molecule has 0 fully saturated rings. The number of rotatable bonds is 2. The van der Waals surface area contributed by atoms with Crippen LogP contribution in [0.1, 0.15) is 0 Å². The third-order valence-corrected chi connectivity index (χ3v) is 2.35. The Hall–Kier alpha value is -1.92. The molecule has 0 nitrogen and oxygen atoms in total. The Bertz CT molecular complexity index is 585. The first-order valence-corrected chi connectivity index (χ1v) is 5.02. The van der Waals surface area contributed by atoms with Gasteiger partial charge in [0.15, 0.2) is 30.5 Å². The zero-order valence-electron chi connectivity index (χ0n) is 9.15. The quantitative estimate of drug-likeness (QED) is 0.447. The van der Waals surface area contributed by atoms with E-state index >= 15 is 0 Å². The maximum absolute atomic E-state index is 13.3. The highest BCUT2D eigenvalue weighted by Gasteiger charge is 2.17. The normalized spacial score (nSPS) is 10.6. The van der Waals surface area contributed by atoms with Crippen LogP contribution in [0.3, 0.4) is 0 Å². The van der Waals surface area contributed by atoms with Gasteiger partial charge in [0, 0.05) is 12.1 Å². The standard InChI is InChI=1S/C12H4BF6/c14-5-1-7(11(18)9(16)3-5)13-8-2-6(15)4-10(17)12(8)19/h1-4H. The van der Waals surface area contributed by atoms with Crippen molar-refractivity contribution in [2.75, 3.05) is 0 Å². The first-order chi connectivity index (χ1) is 8.88. The topological polar surface area (TPSA) is 0 Å². The zero-order valence-corrected chi connectivity index (χ0v) is 9.15. The minimum Gasteiger partial charge on any atom is -0.207 e. The van der Waals surface area contributed by atoms with E-state index in [1.165, 1.54) is 0 Å². The van der Waals surface area contributed by atoms with Crippen LogP contribution in [0.5, 0.6) is 0 Å². The van der Waals surface area contributed by atoms with Gasteiger partial charge in [0.25, 0.3) is 0 Å². The average Bonchev–Trinajstić information content (AvgIpc) is 2.31. The van der Waals surface area contributed by atoms with Crippen LogP contribution in [0.15, 0.2) is 24.3 Å². The van der Waals surface area contributed by atoms with E-state index in [0.29, 0.717) is 31.5 Å². The summed E-state index contributed by atoms with van der Waals surface area (Å²) in [5.41, 5.74) is -1.30. The Balaban J connectivity index is 2.47. The lowest BCUT2D eigenvalue weighted by Gasteiger charge is -2.06. The van der Waals surface area contributed by atoms with Gasteiger partial charge in [-0.25, -0.2) is 26.3 Å². The van der Waals surface area contributed by atoms with Gasteiger partial charge in [0.1, 0.15) is 11.6 Å². The Kier molecular flexibility index (Phi) is 3.55. The molecule has 0 saturated heterocycles. The largest absolute Gasteiger partial charge is 0.207 e. The molecule has 0 aromatic heterocycles. The fraction of sp³-hybridized carbons (Fsp3) is 0. The molecule has 0 bridgehead atoms. The van der Waals surface area contributed by atoms with E-state index in [4.69, 9.17) is 0 Å². The summed E-state index contributed by atoms with van der Waals surface area (Å²) in [5, 5.41) is 0. The second-order valence-electron chi connectivity index (χ2n) is 3.73. The van der Waals surface area contributed by atoms with E-state index in [1.54, 1.807) is 0 Å². The fourth-order valence-corrected chi connectivity index (χ4v) is 1.53. The summed E-state index contributed by atoms with van der Waals surface area (Å²) in [6, 6.07) is 1.77. The van der Waals surface area contributed by atoms with Gasteiger partial charge in [-0.3, -0.25) is 0 Å². The van der Waals surface area contributed by atoms with Crippen molar-refractivity contribution in [2.45, 2.75) is 0 Å². The maximum Gasteiger partial charge on any atom is 0.199 e. The molecule has 0 aliphatic heterocycles. The highest BCUT2D eigenvalue weighted by Crippen LogP contribution is 2.08. The minimum atomic E-state index is -1.48. The van der Waals surface area contributed by atoms with Crippen molar-refractivity contribution in [3.8, 4) is 0 Å². The molecule has 0 heterocycles. The van der Waals surface area contributed by atoms with E-state index in [2.05, 4.69) is 0 Å². The molecule has 0 N–H and O–H groups in total. The van der Waals surface area contributed by atoms with Gasteiger partial charge < -0.3 is 0 Å². The maximum atomic E-state index is 13.3. The zero-order chi connectivity index (χ0) is 14.2. The molecule has 0 amide bonds. The van der Waals surface area contributed by atoms with Crippen LogP contribution in [0, 0.1) is 34.9 Å². The molecular weight excluding hydrogens is 269 g/mol. The first kappa shape index (κ1) is 13.5. The molecule has 0 spiro atoms. The number of hydrogen-bond donors (Lipinski definition) is 0. The number of halogens is 6. The molecule has 0 unspecified atom stereocenters. The van der Waals surface area contributed by atoms with Crippen LogP contribution >= 0.6 is 0 Å². The fourth-order valence-electron chi connectivity index (χ4n) is 1.53. The van der Waals surface area contributed by atoms with Crippen LogP contribution in [-0.2, 0) is 0 Å². The SMILES string of the molecule is Fc1cc(F)c(F)c([B]c2cc(F)cc(F)c2F)c1. The van der Waals surface area contributed by atoms with E-state index in [0.717, 1.165) is 0 Å². The molecule has 0 atom stereocenters. The third-order valence-electron chi connectivity index (χ3n) is 2.35. The first-order valence-electron chi connectivity index (χ1n) is 5.02. The van der Waals surface area contributed by atoms with Gasteiger partial charge in [-0.1, -0.05) is 0 Å². The smallest absolute Gasteiger partial charge is 0.199 e. The van der Waals surface area contributed by atoms with Gasteiger partial charge in [0.2, 0.25) is 0 Å². The van der Waals surface area contributed by atoms with Crippen molar-refractivity contribution in [3.05, 3.63) is 59.2 Å².